The molecule has 0 saturated heterocycles. The summed E-state index contributed by atoms with van der Waals surface area (Å²) in [5, 5.41) is 0. The Labute approximate surface area is 130 Å². The monoisotopic (exact) mass is 300 g/mol. The second-order valence-electron chi connectivity index (χ2n) is 4.89. The van der Waals surface area contributed by atoms with Crippen LogP contribution in [0.15, 0.2) is 48.8 Å². The van der Waals surface area contributed by atoms with E-state index in [2.05, 4.69) is 4.98 Å². The van der Waals surface area contributed by atoms with Crippen LogP contribution in [-0.4, -0.2) is 43.2 Å². The summed E-state index contributed by atoms with van der Waals surface area (Å²) in [5.74, 6) is 0.610. The molecule has 2 aromatic rings. The van der Waals surface area contributed by atoms with Gasteiger partial charge in [-0.2, -0.15) is 0 Å². The molecular formula is C17H20N2O3. The van der Waals surface area contributed by atoms with Crippen molar-refractivity contribution < 1.29 is 14.3 Å². The van der Waals surface area contributed by atoms with Gasteiger partial charge < -0.3 is 14.4 Å². The molecule has 0 atom stereocenters. The fraction of sp³-hybridized carbons (Fsp3) is 0.294. The Morgan fingerprint density at radius 3 is 2.82 bits per heavy atom. The van der Waals surface area contributed by atoms with Gasteiger partial charge >= 0.3 is 0 Å². The molecule has 0 radical (unpaired) electrons. The van der Waals surface area contributed by atoms with Crippen molar-refractivity contribution in [3.63, 3.8) is 0 Å². The van der Waals surface area contributed by atoms with Crippen molar-refractivity contribution in [1.82, 2.24) is 9.88 Å². The highest BCUT2D eigenvalue weighted by Gasteiger charge is 2.12. The number of aromatic nitrogens is 1. The molecule has 0 spiro atoms. The Bertz CT molecular complexity index is 602. The van der Waals surface area contributed by atoms with E-state index in [1.54, 1.807) is 43.6 Å². The van der Waals surface area contributed by atoms with Gasteiger partial charge in [-0.25, -0.2) is 0 Å². The van der Waals surface area contributed by atoms with Crippen LogP contribution in [0.1, 0.15) is 15.9 Å². The number of nitrogens with zero attached hydrogens (tertiary/aromatic N) is 2. The maximum absolute atomic E-state index is 12.5. The smallest absolute Gasteiger partial charge is 0.254 e. The lowest BCUT2D eigenvalue weighted by molar-refractivity contribution is 0.0784. The van der Waals surface area contributed by atoms with Crippen molar-refractivity contribution in [2.45, 2.75) is 6.54 Å². The zero-order chi connectivity index (χ0) is 15.8. The molecule has 1 aromatic carbocycles. The average molecular weight is 300 g/mol. The highest BCUT2D eigenvalue weighted by Crippen LogP contribution is 2.15. The number of amides is 1. The quantitative estimate of drug-likeness (QED) is 0.737. The minimum Gasteiger partial charge on any atom is -0.491 e. The zero-order valence-electron chi connectivity index (χ0n) is 12.9. The van der Waals surface area contributed by atoms with E-state index in [1.807, 2.05) is 24.3 Å². The molecule has 0 fully saturated rings. The molecule has 0 unspecified atom stereocenters. The van der Waals surface area contributed by atoms with E-state index in [1.165, 1.54) is 0 Å². The minimum absolute atomic E-state index is 0.0546. The van der Waals surface area contributed by atoms with E-state index in [0.29, 0.717) is 31.1 Å². The number of benzene rings is 1. The van der Waals surface area contributed by atoms with Gasteiger partial charge in [-0.1, -0.05) is 12.1 Å². The van der Waals surface area contributed by atoms with E-state index < -0.39 is 0 Å². The Hall–Kier alpha value is -2.40. The summed E-state index contributed by atoms with van der Waals surface area (Å²) in [7, 11) is 3.39. The minimum atomic E-state index is -0.0546. The maximum Gasteiger partial charge on any atom is 0.254 e. The predicted octanol–water partition coefficient (Wildman–Crippen LogP) is 2.38. The number of hydrogen-bond donors (Lipinski definition) is 0. The number of rotatable bonds is 7. The molecule has 1 amide bonds. The molecule has 0 bridgehead atoms. The lowest BCUT2D eigenvalue weighted by Crippen LogP contribution is -2.26. The van der Waals surface area contributed by atoms with Gasteiger partial charge in [-0.05, 0) is 29.8 Å². The first-order valence-corrected chi connectivity index (χ1v) is 7.07. The van der Waals surface area contributed by atoms with Crippen LogP contribution in [-0.2, 0) is 11.3 Å². The predicted molar refractivity (Wildman–Crippen MR) is 83.8 cm³/mol. The summed E-state index contributed by atoms with van der Waals surface area (Å²) in [6.07, 6.45) is 3.47. The second kappa shape index (κ2) is 8.14. The van der Waals surface area contributed by atoms with Crippen molar-refractivity contribution >= 4 is 5.91 Å². The highest BCUT2D eigenvalue weighted by molar-refractivity contribution is 5.94. The van der Waals surface area contributed by atoms with Crippen molar-refractivity contribution in [2.24, 2.45) is 0 Å². The second-order valence-corrected chi connectivity index (χ2v) is 4.89. The van der Waals surface area contributed by atoms with Crippen molar-refractivity contribution in [2.75, 3.05) is 27.4 Å². The van der Waals surface area contributed by atoms with E-state index in [-0.39, 0.29) is 5.91 Å². The standard InChI is InChI=1S/C17H20N2O3/c1-19(13-14-5-4-8-18-12-14)17(20)15-6-3-7-16(11-15)22-10-9-21-2/h3-8,11-12H,9-10,13H2,1-2H3. The summed E-state index contributed by atoms with van der Waals surface area (Å²) >= 11 is 0. The summed E-state index contributed by atoms with van der Waals surface area (Å²) in [4.78, 5) is 18.2. The van der Waals surface area contributed by atoms with Crippen LogP contribution in [0.25, 0.3) is 0 Å². The van der Waals surface area contributed by atoms with Gasteiger partial charge in [0.1, 0.15) is 12.4 Å². The summed E-state index contributed by atoms with van der Waals surface area (Å²) in [6, 6.07) is 11.0. The molecule has 0 aliphatic carbocycles. The summed E-state index contributed by atoms with van der Waals surface area (Å²) < 4.78 is 10.5. The third-order valence-electron chi connectivity index (χ3n) is 3.13. The maximum atomic E-state index is 12.5. The number of ether oxygens (including phenoxy) is 2. The normalized spacial score (nSPS) is 10.3. The van der Waals surface area contributed by atoms with E-state index in [4.69, 9.17) is 9.47 Å². The largest absolute Gasteiger partial charge is 0.491 e. The highest BCUT2D eigenvalue weighted by atomic mass is 16.5. The van der Waals surface area contributed by atoms with Crippen LogP contribution >= 0.6 is 0 Å². The molecule has 2 rings (SSSR count). The van der Waals surface area contributed by atoms with Crippen molar-refractivity contribution in [3.05, 3.63) is 59.9 Å². The molecule has 5 heteroatoms. The molecule has 1 heterocycles. The zero-order valence-corrected chi connectivity index (χ0v) is 12.9. The number of carbonyl (C=O) groups is 1. The Kier molecular flexibility index (Phi) is 5.91. The Balaban J connectivity index is 2.00. The molecule has 116 valence electrons. The van der Waals surface area contributed by atoms with Gasteiger partial charge in [0.25, 0.3) is 5.91 Å². The van der Waals surface area contributed by atoms with Gasteiger partial charge in [0.05, 0.1) is 6.61 Å². The van der Waals surface area contributed by atoms with Crippen molar-refractivity contribution in [3.8, 4) is 5.75 Å². The summed E-state index contributed by atoms with van der Waals surface area (Å²) in [5.41, 5.74) is 1.59. The number of hydrogen-bond acceptors (Lipinski definition) is 4. The van der Waals surface area contributed by atoms with Crippen LogP contribution in [0.3, 0.4) is 0 Å². The molecule has 1 aromatic heterocycles. The number of methoxy groups -OCH3 is 1. The van der Waals surface area contributed by atoms with E-state index in [0.717, 1.165) is 5.56 Å². The first-order chi connectivity index (χ1) is 10.7. The molecule has 0 aliphatic rings. The molecule has 0 saturated carbocycles. The fourth-order valence-electron chi connectivity index (χ4n) is 2.02. The molecule has 5 nitrogen and oxygen atoms in total. The first kappa shape index (κ1) is 16.0. The Morgan fingerprint density at radius 2 is 2.09 bits per heavy atom. The lowest BCUT2D eigenvalue weighted by atomic mass is 10.2. The van der Waals surface area contributed by atoms with Gasteiger partial charge in [0, 0.05) is 38.7 Å². The van der Waals surface area contributed by atoms with Gasteiger partial charge in [-0.3, -0.25) is 9.78 Å². The number of carbonyl (C=O) groups excluding carboxylic acids is 1. The van der Waals surface area contributed by atoms with Crippen LogP contribution in [0.4, 0.5) is 0 Å². The van der Waals surface area contributed by atoms with Gasteiger partial charge in [0.15, 0.2) is 0 Å². The lowest BCUT2D eigenvalue weighted by Gasteiger charge is -2.17. The van der Waals surface area contributed by atoms with Crippen LogP contribution in [0.2, 0.25) is 0 Å². The van der Waals surface area contributed by atoms with Crippen LogP contribution < -0.4 is 4.74 Å². The van der Waals surface area contributed by atoms with E-state index in [9.17, 15) is 4.79 Å². The fourth-order valence-corrected chi connectivity index (χ4v) is 2.02. The van der Waals surface area contributed by atoms with Crippen molar-refractivity contribution in [1.29, 1.82) is 0 Å². The molecule has 0 aliphatic heterocycles. The third kappa shape index (κ3) is 4.56. The van der Waals surface area contributed by atoms with Crippen LogP contribution in [0, 0.1) is 0 Å². The summed E-state index contributed by atoms with van der Waals surface area (Å²) in [6.45, 7) is 1.49. The average Bonchev–Trinajstić information content (AvgIpc) is 2.55. The van der Waals surface area contributed by atoms with E-state index >= 15 is 0 Å². The molecular weight excluding hydrogens is 280 g/mol. The Morgan fingerprint density at radius 1 is 1.23 bits per heavy atom. The molecule has 22 heavy (non-hydrogen) atoms. The van der Waals surface area contributed by atoms with Gasteiger partial charge in [-0.15, -0.1) is 0 Å². The van der Waals surface area contributed by atoms with Crippen LogP contribution in [0.5, 0.6) is 5.75 Å². The number of pyridine rings is 1. The van der Waals surface area contributed by atoms with Gasteiger partial charge in [0.2, 0.25) is 0 Å². The topological polar surface area (TPSA) is 51.7 Å². The third-order valence-corrected chi connectivity index (χ3v) is 3.13. The molecule has 0 N–H and O–H groups in total. The SMILES string of the molecule is COCCOc1cccc(C(=O)N(C)Cc2cccnc2)c1. The first-order valence-electron chi connectivity index (χ1n) is 7.07.